The van der Waals surface area contributed by atoms with Gasteiger partial charge >= 0.3 is 0 Å². The van der Waals surface area contributed by atoms with Crippen molar-refractivity contribution < 1.29 is 4.79 Å². The maximum atomic E-state index is 11.9. The minimum Gasteiger partial charge on any atom is -0.352 e. The average Bonchev–Trinajstić information content (AvgIpc) is 3.13. The summed E-state index contributed by atoms with van der Waals surface area (Å²) in [4.78, 5) is 11.9. The van der Waals surface area contributed by atoms with Gasteiger partial charge in [-0.15, -0.1) is 0 Å². The van der Waals surface area contributed by atoms with Crippen molar-refractivity contribution in [3.8, 4) is 0 Å². The molecule has 1 aromatic heterocycles. The molecule has 0 unspecified atom stereocenters. The van der Waals surface area contributed by atoms with Crippen LogP contribution in [0, 0.1) is 10.2 Å². The fourth-order valence-electron chi connectivity index (χ4n) is 1.98. The molecule has 0 aliphatic heterocycles. The molecule has 1 aromatic rings. The number of nitrogens with one attached hydrogen (secondary N) is 2. The van der Waals surface area contributed by atoms with Crippen LogP contribution in [-0.4, -0.2) is 27.2 Å². The second kappa shape index (κ2) is 6.13. The van der Waals surface area contributed by atoms with Gasteiger partial charge in [-0.25, -0.2) is 0 Å². The largest absolute Gasteiger partial charge is 0.352 e. The van der Waals surface area contributed by atoms with Crippen molar-refractivity contribution in [2.24, 2.45) is 5.41 Å². The summed E-state index contributed by atoms with van der Waals surface area (Å²) in [5, 5.41) is 10.0. The number of carbonyl (C=O) groups excluding carboxylic acids is 1. The minimum absolute atomic E-state index is 0.0196. The number of hydrogen-bond donors (Lipinski definition) is 2. The second-order valence-electron chi connectivity index (χ2n) is 6.66. The normalized spacial score (nSPS) is 16.1. The Morgan fingerprint density at radius 2 is 2.19 bits per heavy atom. The van der Waals surface area contributed by atoms with Crippen molar-refractivity contribution in [3.63, 3.8) is 0 Å². The van der Waals surface area contributed by atoms with E-state index in [4.69, 9.17) is 12.2 Å². The van der Waals surface area contributed by atoms with Crippen LogP contribution in [0.25, 0.3) is 0 Å². The number of amides is 1. The summed E-state index contributed by atoms with van der Waals surface area (Å²) in [5.41, 5.74) is 1.09. The predicted octanol–water partition coefficient (Wildman–Crippen LogP) is 2.93. The third-order valence-electron chi connectivity index (χ3n) is 3.87. The summed E-state index contributed by atoms with van der Waals surface area (Å²) in [7, 11) is 0. The Labute approximate surface area is 130 Å². The number of carbonyl (C=O) groups is 1. The molecule has 2 N–H and O–H groups in total. The zero-order valence-electron chi connectivity index (χ0n) is 13.2. The van der Waals surface area contributed by atoms with Gasteiger partial charge < -0.3 is 9.88 Å². The highest BCUT2D eigenvalue weighted by atomic mass is 32.1. The molecule has 2 rings (SSSR count). The van der Waals surface area contributed by atoms with Crippen LogP contribution >= 0.6 is 12.2 Å². The van der Waals surface area contributed by atoms with Crippen LogP contribution in [0.5, 0.6) is 0 Å². The Balaban J connectivity index is 1.88. The molecule has 6 heteroatoms. The van der Waals surface area contributed by atoms with E-state index < -0.39 is 0 Å². The molecule has 1 saturated carbocycles. The summed E-state index contributed by atoms with van der Waals surface area (Å²) in [6.45, 7) is 8.84. The van der Waals surface area contributed by atoms with Gasteiger partial charge in [-0.3, -0.25) is 9.89 Å². The topological polar surface area (TPSA) is 62.7 Å². The summed E-state index contributed by atoms with van der Waals surface area (Å²) < 4.78 is 2.76. The van der Waals surface area contributed by atoms with Gasteiger partial charge in [-0.2, -0.15) is 5.10 Å². The molecule has 1 amide bonds. The third kappa shape index (κ3) is 4.27. The van der Waals surface area contributed by atoms with E-state index in [0.29, 0.717) is 23.8 Å². The predicted molar refractivity (Wildman–Crippen MR) is 85.6 cm³/mol. The van der Waals surface area contributed by atoms with Crippen LogP contribution in [-0.2, 0) is 11.2 Å². The van der Waals surface area contributed by atoms with E-state index in [0.717, 1.165) is 11.4 Å². The summed E-state index contributed by atoms with van der Waals surface area (Å²) >= 11 is 5.24. The highest BCUT2D eigenvalue weighted by Gasteiger charge is 2.26. The second-order valence-corrected chi connectivity index (χ2v) is 7.05. The smallest absolute Gasteiger partial charge is 0.243 e. The van der Waals surface area contributed by atoms with Gasteiger partial charge in [0, 0.05) is 25.1 Å². The monoisotopic (exact) mass is 308 g/mol. The van der Waals surface area contributed by atoms with Crippen LogP contribution < -0.4 is 5.32 Å². The highest BCUT2D eigenvalue weighted by molar-refractivity contribution is 7.71. The van der Waals surface area contributed by atoms with E-state index in [2.05, 4.69) is 40.9 Å². The first-order valence-electron chi connectivity index (χ1n) is 7.41. The van der Waals surface area contributed by atoms with Gasteiger partial charge in [-0.1, -0.05) is 26.3 Å². The van der Waals surface area contributed by atoms with Crippen LogP contribution in [0.4, 0.5) is 0 Å². The summed E-state index contributed by atoms with van der Waals surface area (Å²) in [5.74, 6) is 0.883. The maximum Gasteiger partial charge on any atom is 0.243 e. The number of allylic oxidation sites excluding steroid dienone is 1. The molecule has 21 heavy (non-hydrogen) atoms. The lowest BCUT2D eigenvalue weighted by Gasteiger charge is -2.19. The number of hydrogen-bond acceptors (Lipinski definition) is 3. The molecule has 0 atom stereocenters. The quantitative estimate of drug-likeness (QED) is 0.649. The van der Waals surface area contributed by atoms with Gasteiger partial charge in [0.05, 0.1) is 0 Å². The highest BCUT2D eigenvalue weighted by Crippen LogP contribution is 2.35. The Morgan fingerprint density at radius 1 is 1.52 bits per heavy atom. The first-order valence-corrected chi connectivity index (χ1v) is 7.82. The molecule has 1 aliphatic rings. The van der Waals surface area contributed by atoms with Gasteiger partial charge in [-0.05, 0) is 37.4 Å². The average molecular weight is 308 g/mol. The number of aromatic amines is 1. The van der Waals surface area contributed by atoms with Crippen molar-refractivity contribution in [3.05, 3.63) is 22.2 Å². The van der Waals surface area contributed by atoms with Crippen LogP contribution in [0.1, 0.15) is 52.4 Å². The van der Waals surface area contributed by atoms with Crippen molar-refractivity contribution >= 4 is 18.1 Å². The molecule has 0 bridgehead atoms. The standard InChI is InChI=1S/C15H24N4OS/c1-10(15(2,3)4)9-13(20)16-8-7-12-17-18-14(21)19(12)11-5-6-11/h9,11H,5-8H2,1-4H3,(H,16,20)(H,18,21)/b10-9+. The first-order chi connectivity index (χ1) is 9.79. The molecule has 1 heterocycles. The van der Waals surface area contributed by atoms with E-state index >= 15 is 0 Å². The number of aromatic nitrogens is 3. The van der Waals surface area contributed by atoms with Crippen molar-refractivity contribution in [1.82, 2.24) is 20.1 Å². The van der Waals surface area contributed by atoms with Gasteiger partial charge in [0.15, 0.2) is 4.77 Å². The van der Waals surface area contributed by atoms with Crippen molar-refractivity contribution in [1.29, 1.82) is 0 Å². The zero-order chi connectivity index (χ0) is 15.6. The molecule has 116 valence electrons. The maximum absolute atomic E-state index is 11.9. The SMILES string of the molecule is C/C(=C\C(=O)NCCc1n[nH]c(=S)n1C1CC1)C(C)(C)C. The first kappa shape index (κ1) is 15.9. The van der Waals surface area contributed by atoms with E-state index in [1.54, 1.807) is 6.08 Å². The number of rotatable bonds is 5. The number of H-pyrrole nitrogens is 1. The van der Waals surface area contributed by atoms with Gasteiger partial charge in [0.2, 0.25) is 5.91 Å². The zero-order valence-corrected chi connectivity index (χ0v) is 14.0. The summed E-state index contributed by atoms with van der Waals surface area (Å²) in [6, 6.07) is 0.505. The molecule has 0 saturated heterocycles. The Hall–Kier alpha value is -1.43. The van der Waals surface area contributed by atoms with E-state index in [9.17, 15) is 4.79 Å². The van der Waals surface area contributed by atoms with E-state index in [-0.39, 0.29) is 11.3 Å². The molecule has 5 nitrogen and oxygen atoms in total. The van der Waals surface area contributed by atoms with Crippen molar-refractivity contribution in [2.75, 3.05) is 6.54 Å². The Bertz CT molecular complexity index is 602. The fraction of sp³-hybridized carbons (Fsp3) is 0.667. The van der Waals surface area contributed by atoms with Gasteiger partial charge in [0.25, 0.3) is 0 Å². The molecule has 1 aliphatic carbocycles. The molecular weight excluding hydrogens is 284 g/mol. The van der Waals surface area contributed by atoms with Crippen molar-refractivity contribution in [2.45, 2.75) is 53.0 Å². The lowest BCUT2D eigenvalue weighted by atomic mass is 9.87. The van der Waals surface area contributed by atoms with Gasteiger partial charge in [0.1, 0.15) is 5.82 Å². The van der Waals surface area contributed by atoms with E-state index in [1.807, 2.05) is 6.92 Å². The van der Waals surface area contributed by atoms with Crippen LogP contribution in [0.15, 0.2) is 11.6 Å². The lowest BCUT2D eigenvalue weighted by molar-refractivity contribution is -0.116. The van der Waals surface area contributed by atoms with E-state index in [1.165, 1.54) is 12.8 Å². The fourth-order valence-corrected chi connectivity index (χ4v) is 2.28. The molecular formula is C15H24N4OS. The minimum atomic E-state index is -0.0467. The molecule has 0 spiro atoms. The molecule has 1 fully saturated rings. The summed E-state index contributed by atoms with van der Waals surface area (Å²) in [6.07, 6.45) is 4.71. The Kier molecular flexibility index (Phi) is 4.66. The van der Waals surface area contributed by atoms with Crippen LogP contribution in [0.2, 0.25) is 0 Å². The lowest BCUT2D eigenvalue weighted by Crippen LogP contribution is -2.25. The molecule has 0 radical (unpaired) electrons. The number of nitrogens with zero attached hydrogens (tertiary/aromatic N) is 2. The Morgan fingerprint density at radius 3 is 2.76 bits per heavy atom. The van der Waals surface area contributed by atoms with Crippen LogP contribution in [0.3, 0.4) is 0 Å². The molecule has 0 aromatic carbocycles. The third-order valence-corrected chi connectivity index (χ3v) is 4.16.